The molecule has 2 N–H and O–H groups in total. The molecule has 0 aliphatic heterocycles. The molecule has 3 heteroatoms. The summed E-state index contributed by atoms with van der Waals surface area (Å²) in [5, 5.41) is 0. The molecule has 3 aromatic rings. The lowest BCUT2D eigenvalue weighted by atomic mass is 10.1. The Labute approximate surface area is 112 Å². The van der Waals surface area contributed by atoms with E-state index in [1.54, 1.807) is 0 Å². The van der Waals surface area contributed by atoms with Crippen LogP contribution in [0.25, 0.3) is 22.5 Å². The second kappa shape index (κ2) is 4.61. The molecule has 94 valence electrons. The van der Waals surface area contributed by atoms with Gasteiger partial charge < -0.3 is 10.3 Å². The summed E-state index contributed by atoms with van der Waals surface area (Å²) in [4.78, 5) is 4.50. The number of nitrogen functional groups attached to an aromatic ring is 1. The largest absolute Gasteiger partial charge is 0.369 e. The molecule has 0 aliphatic rings. The fourth-order valence-corrected chi connectivity index (χ4v) is 2.24. The zero-order chi connectivity index (χ0) is 13.2. The lowest BCUT2D eigenvalue weighted by molar-refractivity contribution is 0.938. The molecule has 1 heterocycles. The van der Waals surface area contributed by atoms with E-state index in [1.165, 1.54) is 0 Å². The highest BCUT2D eigenvalue weighted by Crippen LogP contribution is 2.32. The van der Waals surface area contributed by atoms with Crippen LogP contribution in [0, 0.1) is 0 Å². The minimum atomic E-state index is 0.526. The van der Waals surface area contributed by atoms with E-state index in [2.05, 4.69) is 17.1 Å². The number of anilines is 1. The van der Waals surface area contributed by atoms with Crippen LogP contribution >= 0.6 is 0 Å². The summed E-state index contributed by atoms with van der Waals surface area (Å²) in [5.74, 6) is 0.526. The summed E-state index contributed by atoms with van der Waals surface area (Å²) in [6.45, 7) is 0. The van der Waals surface area contributed by atoms with Gasteiger partial charge in [0.15, 0.2) is 0 Å². The van der Waals surface area contributed by atoms with Crippen LogP contribution < -0.4 is 5.73 Å². The van der Waals surface area contributed by atoms with E-state index >= 15 is 0 Å². The van der Waals surface area contributed by atoms with Crippen molar-refractivity contribution in [1.82, 2.24) is 9.55 Å². The molecular formula is C16H15N3. The Hall–Kier alpha value is -2.55. The van der Waals surface area contributed by atoms with Crippen molar-refractivity contribution in [2.24, 2.45) is 7.05 Å². The van der Waals surface area contributed by atoms with Crippen LogP contribution in [-0.2, 0) is 7.05 Å². The first kappa shape index (κ1) is 11.5. The first-order chi connectivity index (χ1) is 9.27. The Morgan fingerprint density at radius 2 is 1.37 bits per heavy atom. The molecule has 0 spiro atoms. The average molecular weight is 249 g/mol. The molecule has 0 saturated heterocycles. The Morgan fingerprint density at radius 1 is 0.842 bits per heavy atom. The van der Waals surface area contributed by atoms with E-state index in [-0.39, 0.29) is 0 Å². The first-order valence-corrected chi connectivity index (χ1v) is 6.20. The highest BCUT2D eigenvalue weighted by molar-refractivity contribution is 5.80. The molecule has 3 nitrogen and oxygen atoms in total. The SMILES string of the molecule is Cn1c(N)nc(-c2ccccc2)c1-c1ccccc1. The van der Waals surface area contributed by atoms with Gasteiger partial charge in [0.25, 0.3) is 0 Å². The molecule has 0 aliphatic carbocycles. The van der Waals surface area contributed by atoms with E-state index in [4.69, 9.17) is 5.73 Å². The number of benzene rings is 2. The molecule has 1 aromatic heterocycles. The van der Waals surface area contributed by atoms with Gasteiger partial charge in [-0.15, -0.1) is 0 Å². The van der Waals surface area contributed by atoms with Gasteiger partial charge >= 0.3 is 0 Å². The summed E-state index contributed by atoms with van der Waals surface area (Å²) in [7, 11) is 1.94. The van der Waals surface area contributed by atoms with Crippen molar-refractivity contribution >= 4 is 5.95 Å². The molecule has 0 amide bonds. The van der Waals surface area contributed by atoms with Crippen molar-refractivity contribution in [3.05, 3.63) is 60.7 Å². The molecule has 0 unspecified atom stereocenters. The van der Waals surface area contributed by atoms with Gasteiger partial charge in [-0.2, -0.15) is 0 Å². The van der Waals surface area contributed by atoms with Crippen molar-refractivity contribution in [2.45, 2.75) is 0 Å². The average Bonchev–Trinajstić information content (AvgIpc) is 2.77. The van der Waals surface area contributed by atoms with Crippen LogP contribution in [0.3, 0.4) is 0 Å². The van der Waals surface area contributed by atoms with Gasteiger partial charge in [-0.1, -0.05) is 60.7 Å². The summed E-state index contributed by atoms with van der Waals surface area (Å²) >= 11 is 0. The van der Waals surface area contributed by atoms with Crippen LogP contribution in [0.15, 0.2) is 60.7 Å². The zero-order valence-electron chi connectivity index (χ0n) is 10.7. The summed E-state index contributed by atoms with van der Waals surface area (Å²) < 4.78 is 1.93. The van der Waals surface area contributed by atoms with Crippen molar-refractivity contribution < 1.29 is 0 Å². The van der Waals surface area contributed by atoms with Crippen LogP contribution in [0.5, 0.6) is 0 Å². The smallest absolute Gasteiger partial charge is 0.200 e. The third-order valence-electron chi connectivity index (χ3n) is 3.22. The van der Waals surface area contributed by atoms with Gasteiger partial charge in [0.2, 0.25) is 5.95 Å². The second-order valence-electron chi connectivity index (χ2n) is 4.46. The number of aromatic nitrogens is 2. The maximum absolute atomic E-state index is 5.97. The van der Waals surface area contributed by atoms with E-state index in [1.807, 2.05) is 60.1 Å². The molecule has 0 radical (unpaired) electrons. The highest BCUT2D eigenvalue weighted by Gasteiger charge is 2.15. The van der Waals surface area contributed by atoms with Gasteiger partial charge in [-0.3, -0.25) is 0 Å². The Bertz CT molecular complexity index is 685. The molecule has 0 fully saturated rings. The minimum Gasteiger partial charge on any atom is -0.369 e. The van der Waals surface area contributed by atoms with Gasteiger partial charge in [0, 0.05) is 18.2 Å². The fraction of sp³-hybridized carbons (Fsp3) is 0.0625. The van der Waals surface area contributed by atoms with Crippen molar-refractivity contribution in [1.29, 1.82) is 0 Å². The minimum absolute atomic E-state index is 0.526. The quantitative estimate of drug-likeness (QED) is 0.757. The second-order valence-corrected chi connectivity index (χ2v) is 4.46. The fourth-order valence-electron chi connectivity index (χ4n) is 2.24. The van der Waals surface area contributed by atoms with Crippen molar-refractivity contribution in [3.63, 3.8) is 0 Å². The molecule has 19 heavy (non-hydrogen) atoms. The number of nitrogens with two attached hydrogens (primary N) is 1. The monoisotopic (exact) mass is 249 g/mol. The van der Waals surface area contributed by atoms with Crippen LogP contribution in [0.1, 0.15) is 0 Å². The third-order valence-corrected chi connectivity index (χ3v) is 3.22. The van der Waals surface area contributed by atoms with Gasteiger partial charge in [-0.25, -0.2) is 4.98 Å². The number of rotatable bonds is 2. The maximum Gasteiger partial charge on any atom is 0.200 e. The molecule has 0 atom stereocenters. The Morgan fingerprint density at radius 3 is 1.95 bits per heavy atom. The van der Waals surface area contributed by atoms with Gasteiger partial charge in [0.05, 0.1) is 11.4 Å². The van der Waals surface area contributed by atoms with E-state index in [0.29, 0.717) is 5.95 Å². The lowest BCUT2D eigenvalue weighted by Crippen LogP contribution is -1.98. The Kier molecular flexibility index (Phi) is 2.80. The first-order valence-electron chi connectivity index (χ1n) is 6.20. The van der Waals surface area contributed by atoms with E-state index < -0.39 is 0 Å². The molecule has 0 bridgehead atoms. The summed E-state index contributed by atoms with van der Waals surface area (Å²) in [6.07, 6.45) is 0. The molecular weight excluding hydrogens is 234 g/mol. The summed E-state index contributed by atoms with van der Waals surface area (Å²) in [6, 6.07) is 20.3. The topological polar surface area (TPSA) is 43.8 Å². The van der Waals surface area contributed by atoms with Crippen molar-refractivity contribution in [3.8, 4) is 22.5 Å². The molecule has 0 saturated carbocycles. The van der Waals surface area contributed by atoms with E-state index in [0.717, 1.165) is 22.5 Å². The number of hydrogen-bond acceptors (Lipinski definition) is 2. The standard InChI is InChI=1S/C16H15N3/c1-19-15(13-10-6-3-7-11-13)14(18-16(19)17)12-8-4-2-5-9-12/h2-11H,1H3,(H2,17,18). The van der Waals surface area contributed by atoms with Crippen LogP contribution in [-0.4, -0.2) is 9.55 Å². The third kappa shape index (κ3) is 1.99. The van der Waals surface area contributed by atoms with Crippen LogP contribution in [0.2, 0.25) is 0 Å². The van der Waals surface area contributed by atoms with Gasteiger partial charge in [-0.05, 0) is 0 Å². The van der Waals surface area contributed by atoms with E-state index in [9.17, 15) is 0 Å². The molecule has 2 aromatic carbocycles. The number of imidazole rings is 1. The highest BCUT2D eigenvalue weighted by atomic mass is 15.1. The zero-order valence-corrected chi connectivity index (χ0v) is 10.7. The van der Waals surface area contributed by atoms with Crippen LogP contribution in [0.4, 0.5) is 5.95 Å². The summed E-state index contributed by atoms with van der Waals surface area (Å²) in [5.41, 5.74) is 10.1. The Balaban J connectivity index is 2.25. The predicted molar refractivity (Wildman–Crippen MR) is 78.5 cm³/mol. The van der Waals surface area contributed by atoms with Crippen molar-refractivity contribution in [2.75, 3.05) is 5.73 Å². The molecule has 3 rings (SSSR count). The number of hydrogen-bond donors (Lipinski definition) is 1. The lowest BCUT2D eigenvalue weighted by Gasteiger charge is -2.06. The van der Waals surface area contributed by atoms with Gasteiger partial charge in [0.1, 0.15) is 0 Å². The predicted octanol–water partition coefficient (Wildman–Crippen LogP) is 3.34. The number of nitrogens with zero attached hydrogens (tertiary/aromatic N) is 2. The maximum atomic E-state index is 5.97. The normalized spacial score (nSPS) is 10.6.